The van der Waals surface area contributed by atoms with Gasteiger partial charge in [-0.2, -0.15) is 0 Å². The van der Waals surface area contributed by atoms with Gasteiger partial charge < -0.3 is 5.32 Å². The molecule has 2 saturated carbocycles. The molecule has 4 rings (SSSR count). The quantitative estimate of drug-likeness (QED) is 0.875. The van der Waals surface area contributed by atoms with Crippen LogP contribution >= 0.6 is 0 Å². The van der Waals surface area contributed by atoms with E-state index in [-0.39, 0.29) is 24.2 Å². The Morgan fingerprint density at radius 1 is 1.21 bits per heavy atom. The fourth-order valence-corrected chi connectivity index (χ4v) is 4.50. The highest BCUT2D eigenvalue weighted by Crippen LogP contribution is 2.42. The minimum atomic E-state index is -0.370. The molecule has 3 aliphatic rings. The summed E-state index contributed by atoms with van der Waals surface area (Å²) >= 11 is 0. The molecule has 1 aromatic heterocycles. The van der Waals surface area contributed by atoms with Gasteiger partial charge in [0.1, 0.15) is 6.54 Å². The topological polar surface area (TPSA) is 67.2 Å². The zero-order chi connectivity index (χ0) is 16.5. The standard InChI is InChI=1S/C18H26N4O2/c23-17(12-21-9-3-8-19-18(21)24)20-16-11-22(14-4-1-2-5-14)10-15(16)13-6-7-13/h3,8-9,13-16H,1-2,4-7,10-12H2,(H,20,23)/t15-,16+/m1/s1. The van der Waals surface area contributed by atoms with E-state index < -0.39 is 0 Å². The first-order valence-corrected chi connectivity index (χ1v) is 9.25. The fourth-order valence-electron chi connectivity index (χ4n) is 4.50. The Balaban J connectivity index is 1.39. The second kappa shape index (κ2) is 6.67. The molecule has 1 saturated heterocycles. The van der Waals surface area contributed by atoms with E-state index in [9.17, 15) is 9.59 Å². The molecule has 0 spiro atoms. The van der Waals surface area contributed by atoms with Crippen LogP contribution in [0.25, 0.3) is 0 Å². The lowest BCUT2D eigenvalue weighted by molar-refractivity contribution is -0.122. The van der Waals surface area contributed by atoms with Crippen molar-refractivity contribution in [2.24, 2.45) is 11.8 Å². The first-order chi connectivity index (χ1) is 11.7. The van der Waals surface area contributed by atoms with Gasteiger partial charge in [0, 0.05) is 37.6 Å². The first-order valence-electron chi connectivity index (χ1n) is 9.25. The van der Waals surface area contributed by atoms with Crippen molar-refractivity contribution in [2.45, 2.75) is 57.2 Å². The maximum Gasteiger partial charge on any atom is 0.347 e. The Hall–Kier alpha value is -1.69. The minimum absolute atomic E-state index is 0.0595. The summed E-state index contributed by atoms with van der Waals surface area (Å²) in [5.41, 5.74) is -0.370. The van der Waals surface area contributed by atoms with Crippen LogP contribution in [0.3, 0.4) is 0 Å². The van der Waals surface area contributed by atoms with E-state index in [1.165, 1.54) is 49.3 Å². The smallest absolute Gasteiger partial charge is 0.347 e. The summed E-state index contributed by atoms with van der Waals surface area (Å²) in [7, 11) is 0. The molecule has 6 heteroatoms. The van der Waals surface area contributed by atoms with Crippen molar-refractivity contribution >= 4 is 5.91 Å². The molecule has 0 radical (unpaired) electrons. The number of nitrogens with zero attached hydrogens (tertiary/aromatic N) is 3. The van der Waals surface area contributed by atoms with Gasteiger partial charge in [-0.3, -0.25) is 14.3 Å². The lowest BCUT2D eigenvalue weighted by atomic mass is 9.98. The van der Waals surface area contributed by atoms with E-state index in [0.717, 1.165) is 19.0 Å². The molecule has 2 heterocycles. The molecule has 1 aromatic rings. The summed E-state index contributed by atoms with van der Waals surface area (Å²) in [4.78, 5) is 30.4. The molecule has 1 amide bonds. The zero-order valence-corrected chi connectivity index (χ0v) is 14.1. The molecule has 3 fully saturated rings. The van der Waals surface area contributed by atoms with Crippen molar-refractivity contribution in [2.75, 3.05) is 13.1 Å². The van der Waals surface area contributed by atoms with Gasteiger partial charge >= 0.3 is 5.69 Å². The van der Waals surface area contributed by atoms with E-state index in [2.05, 4.69) is 15.2 Å². The SMILES string of the molecule is O=C(Cn1cccnc1=O)N[C@H]1CN(C2CCCC2)C[C@@H]1C1CC1. The average Bonchev–Trinajstić information content (AvgIpc) is 3.09. The molecular weight excluding hydrogens is 304 g/mol. The van der Waals surface area contributed by atoms with Crippen molar-refractivity contribution in [3.63, 3.8) is 0 Å². The van der Waals surface area contributed by atoms with Gasteiger partial charge in [0.05, 0.1) is 0 Å². The van der Waals surface area contributed by atoms with Crippen LogP contribution in [0.2, 0.25) is 0 Å². The van der Waals surface area contributed by atoms with Crippen LogP contribution in [-0.2, 0) is 11.3 Å². The lowest BCUT2D eigenvalue weighted by Crippen LogP contribution is -2.44. The third-order valence-corrected chi connectivity index (χ3v) is 5.91. The van der Waals surface area contributed by atoms with E-state index in [1.54, 1.807) is 12.3 Å². The summed E-state index contributed by atoms with van der Waals surface area (Å²) in [6.07, 6.45) is 11.0. The normalized spacial score (nSPS) is 28.3. The third kappa shape index (κ3) is 3.38. The number of nitrogens with one attached hydrogen (secondary N) is 1. The predicted molar refractivity (Wildman–Crippen MR) is 90.5 cm³/mol. The monoisotopic (exact) mass is 330 g/mol. The average molecular weight is 330 g/mol. The van der Waals surface area contributed by atoms with Crippen LogP contribution in [0.4, 0.5) is 0 Å². The van der Waals surface area contributed by atoms with Gasteiger partial charge in [0.15, 0.2) is 0 Å². The minimum Gasteiger partial charge on any atom is -0.350 e. The molecule has 0 unspecified atom stereocenters. The third-order valence-electron chi connectivity index (χ3n) is 5.91. The van der Waals surface area contributed by atoms with Gasteiger partial charge in [-0.25, -0.2) is 9.78 Å². The number of carbonyl (C=O) groups is 1. The maximum absolute atomic E-state index is 12.4. The molecule has 24 heavy (non-hydrogen) atoms. The van der Waals surface area contributed by atoms with Crippen molar-refractivity contribution in [3.05, 3.63) is 28.9 Å². The molecule has 1 N–H and O–H groups in total. The van der Waals surface area contributed by atoms with E-state index in [0.29, 0.717) is 12.0 Å². The number of likely N-dealkylation sites (tertiary alicyclic amines) is 1. The van der Waals surface area contributed by atoms with Gasteiger partial charge in [-0.15, -0.1) is 0 Å². The van der Waals surface area contributed by atoms with Gasteiger partial charge in [0.2, 0.25) is 5.91 Å². The Kier molecular flexibility index (Phi) is 4.39. The first kappa shape index (κ1) is 15.8. The maximum atomic E-state index is 12.4. The second-order valence-corrected chi connectivity index (χ2v) is 7.60. The lowest BCUT2D eigenvalue weighted by Gasteiger charge is -2.23. The van der Waals surface area contributed by atoms with Crippen LogP contribution in [0.5, 0.6) is 0 Å². The molecular formula is C18H26N4O2. The highest BCUT2D eigenvalue weighted by atomic mass is 16.2. The Morgan fingerprint density at radius 3 is 2.71 bits per heavy atom. The number of hydrogen-bond acceptors (Lipinski definition) is 4. The number of hydrogen-bond donors (Lipinski definition) is 1. The molecule has 0 aromatic carbocycles. The zero-order valence-electron chi connectivity index (χ0n) is 14.1. The van der Waals surface area contributed by atoms with E-state index in [1.807, 2.05) is 0 Å². The van der Waals surface area contributed by atoms with Gasteiger partial charge in [-0.1, -0.05) is 12.8 Å². The van der Waals surface area contributed by atoms with Crippen molar-refractivity contribution in [1.82, 2.24) is 19.8 Å². The molecule has 1 aliphatic heterocycles. The summed E-state index contributed by atoms with van der Waals surface area (Å²) in [5.74, 6) is 1.29. The fraction of sp³-hybridized carbons (Fsp3) is 0.722. The van der Waals surface area contributed by atoms with Gasteiger partial charge in [0.25, 0.3) is 0 Å². The Labute approximate surface area is 142 Å². The largest absolute Gasteiger partial charge is 0.350 e. The molecule has 6 nitrogen and oxygen atoms in total. The highest BCUT2D eigenvalue weighted by molar-refractivity contribution is 5.76. The van der Waals surface area contributed by atoms with Crippen LogP contribution in [0.1, 0.15) is 38.5 Å². The molecule has 2 atom stereocenters. The van der Waals surface area contributed by atoms with Crippen LogP contribution in [0.15, 0.2) is 23.3 Å². The van der Waals surface area contributed by atoms with Gasteiger partial charge in [-0.05, 0) is 43.6 Å². The Morgan fingerprint density at radius 2 is 2.00 bits per heavy atom. The van der Waals surface area contributed by atoms with Crippen LogP contribution < -0.4 is 11.0 Å². The summed E-state index contributed by atoms with van der Waals surface area (Å²) in [6.45, 7) is 2.16. The van der Waals surface area contributed by atoms with E-state index in [4.69, 9.17) is 0 Å². The van der Waals surface area contributed by atoms with Crippen molar-refractivity contribution in [1.29, 1.82) is 0 Å². The second-order valence-electron chi connectivity index (χ2n) is 7.60. The highest BCUT2D eigenvalue weighted by Gasteiger charge is 2.44. The van der Waals surface area contributed by atoms with Crippen molar-refractivity contribution in [3.8, 4) is 0 Å². The predicted octanol–water partition coefficient (Wildman–Crippen LogP) is 1.01. The van der Waals surface area contributed by atoms with E-state index >= 15 is 0 Å². The van der Waals surface area contributed by atoms with Crippen LogP contribution in [0, 0.1) is 11.8 Å². The molecule has 0 bridgehead atoms. The number of carbonyl (C=O) groups excluding carboxylic acids is 1. The van der Waals surface area contributed by atoms with Crippen LogP contribution in [-0.4, -0.2) is 45.5 Å². The number of rotatable bonds is 5. The molecule has 130 valence electrons. The van der Waals surface area contributed by atoms with Crippen molar-refractivity contribution < 1.29 is 4.79 Å². The summed E-state index contributed by atoms with van der Waals surface area (Å²) in [5, 5.41) is 3.21. The number of amides is 1. The summed E-state index contributed by atoms with van der Waals surface area (Å²) in [6, 6.07) is 2.63. The number of aromatic nitrogens is 2. The summed E-state index contributed by atoms with van der Waals surface area (Å²) < 4.78 is 1.37. The Bertz CT molecular complexity index is 648. The molecule has 2 aliphatic carbocycles.